The van der Waals surface area contributed by atoms with Gasteiger partial charge >= 0.3 is 0 Å². The van der Waals surface area contributed by atoms with Gasteiger partial charge in [-0.15, -0.1) is 0 Å². The van der Waals surface area contributed by atoms with Crippen LogP contribution in [0.5, 0.6) is 0 Å². The summed E-state index contributed by atoms with van der Waals surface area (Å²) in [5, 5.41) is 0. The highest BCUT2D eigenvalue weighted by Gasteiger charge is 2.14. The maximum atomic E-state index is 5.67. The Morgan fingerprint density at radius 1 is 1.21 bits per heavy atom. The van der Waals surface area contributed by atoms with E-state index in [1.165, 1.54) is 25.7 Å². The smallest absolute Gasteiger partial charge is 0.0899 e. The van der Waals surface area contributed by atoms with E-state index in [0.29, 0.717) is 4.99 Å². The van der Waals surface area contributed by atoms with Crippen molar-refractivity contribution in [3.8, 4) is 0 Å². The molecule has 1 atom stereocenters. The van der Waals surface area contributed by atoms with Crippen LogP contribution in [0, 0.1) is 0 Å². The molecule has 14 heavy (non-hydrogen) atoms. The van der Waals surface area contributed by atoms with Crippen molar-refractivity contribution in [2.45, 2.75) is 52.5 Å². The van der Waals surface area contributed by atoms with Gasteiger partial charge in [-0.1, -0.05) is 38.9 Å². The number of rotatable bonds is 8. The van der Waals surface area contributed by atoms with Crippen molar-refractivity contribution >= 4 is 17.2 Å². The maximum absolute atomic E-state index is 5.67. The van der Waals surface area contributed by atoms with E-state index in [1.807, 2.05) is 0 Å². The lowest BCUT2D eigenvalue weighted by Gasteiger charge is -2.28. The van der Waals surface area contributed by atoms with Crippen molar-refractivity contribution in [2.75, 3.05) is 13.1 Å². The molecule has 0 aromatic rings. The zero-order chi connectivity index (χ0) is 11.0. The largest absolute Gasteiger partial charge is 0.392 e. The predicted molar refractivity (Wildman–Crippen MR) is 67.6 cm³/mol. The number of hydrogen-bond donors (Lipinski definition) is 1. The molecule has 2 nitrogen and oxygen atoms in total. The van der Waals surface area contributed by atoms with Crippen LogP contribution in [0.25, 0.3) is 0 Å². The molecule has 84 valence electrons. The topological polar surface area (TPSA) is 29.3 Å². The van der Waals surface area contributed by atoms with Crippen LogP contribution in [0.15, 0.2) is 0 Å². The third kappa shape index (κ3) is 5.55. The number of thiocarbonyl (C=S) groups is 1. The first-order valence-electron chi connectivity index (χ1n) is 5.66. The summed E-state index contributed by atoms with van der Waals surface area (Å²) < 4.78 is 0. The van der Waals surface area contributed by atoms with Crippen LogP contribution in [-0.2, 0) is 0 Å². The number of nitrogens with zero attached hydrogens (tertiary/aromatic N) is 1. The van der Waals surface area contributed by atoms with Crippen LogP contribution in [0.2, 0.25) is 0 Å². The van der Waals surface area contributed by atoms with Gasteiger partial charge in [-0.3, -0.25) is 4.90 Å². The first kappa shape index (κ1) is 13.8. The van der Waals surface area contributed by atoms with Gasteiger partial charge < -0.3 is 5.73 Å². The molecule has 1 unspecified atom stereocenters. The normalized spacial score (nSPS) is 13.1. The van der Waals surface area contributed by atoms with E-state index in [9.17, 15) is 0 Å². The van der Waals surface area contributed by atoms with Gasteiger partial charge in [0, 0.05) is 0 Å². The molecule has 0 amide bonds. The molecule has 0 aliphatic carbocycles. The van der Waals surface area contributed by atoms with Gasteiger partial charge in [0.2, 0.25) is 0 Å². The van der Waals surface area contributed by atoms with Crippen LogP contribution >= 0.6 is 12.2 Å². The number of hydrogen-bond acceptors (Lipinski definition) is 2. The van der Waals surface area contributed by atoms with E-state index in [2.05, 4.69) is 25.7 Å². The minimum atomic E-state index is 0.253. The molecular weight excluding hydrogens is 192 g/mol. The zero-order valence-corrected chi connectivity index (χ0v) is 10.6. The average molecular weight is 216 g/mol. The fraction of sp³-hybridized carbons (Fsp3) is 0.909. The molecule has 0 radical (unpaired) electrons. The lowest BCUT2D eigenvalue weighted by atomic mass is 10.2. The molecule has 0 saturated carbocycles. The average Bonchev–Trinajstić information content (AvgIpc) is 2.17. The summed E-state index contributed by atoms with van der Waals surface area (Å²) >= 11 is 5.03. The van der Waals surface area contributed by atoms with E-state index in [1.54, 1.807) is 0 Å². The Morgan fingerprint density at radius 2 is 1.64 bits per heavy atom. The van der Waals surface area contributed by atoms with Gasteiger partial charge in [0.05, 0.1) is 11.0 Å². The molecule has 3 heteroatoms. The van der Waals surface area contributed by atoms with Gasteiger partial charge in [0.1, 0.15) is 0 Å². The molecule has 0 fully saturated rings. The van der Waals surface area contributed by atoms with Crippen LogP contribution in [0.4, 0.5) is 0 Å². The molecule has 0 aliphatic rings. The third-order valence-electron chi connectivity index (χ3n) is 2.56. The monoisotopic (exact) mass is 216 g/mol. The molecule has 2 N–H and O–H groups in total. The molecule has 0 aliphatic heterocycles. The maximum Gasteiger partial charge on any atom is 0.0899 e. The minimum absolute atomic E-state index is 0.253. The fourth-order valence-electron chi connectivity index (χ4n) is 1.40. The quantitative estimate of drug-likeness (QED) is 0.632. The summed E-state index contributed by atoms with van der Waals surface area (Å²) in [7, 11) is 0. The molecule has 0 spiro atoms. The third-order valence-corrected chi connectivity index (χ3v) is 2.90. The van der Waals surface area contributed by atoms with E-state index < -0.39 is 0 Å². The predicted octanol–water partition coefficient (Wildman–Crippen LogP) is 2.56. The Bertz CT molecular complexity index is 151. The van der Waals surface area contributed by atoms with Crippen molar-refractivity contribution in [1.82, 2.24) is 4.90 Å². The second-order valence-electron chi connectivity index (χ2n) is 3.82. The lowest BCUT2D eigenvalue weighted by molar-refractivity contribution is 0.246. The van der Waals surface area contributed by atoms with E-state index >= 15 is 0 Å². The Labute approximate surface area is 93.8 Å². The Balaban J connectivity index is 4.01. The van der Waals surface area contributed by atoms with Crippen LogP contribution in [0.3, 0.4) is 0 Å². The van der Waals surface area contributed by atoms with Gasteiger partial charge in [-0.05, 0) is 32.9 Å². The molecule has 0 aromatic heterocycles. The van der Waals surface area contributed by atoms with E-state index in [-0.39, 0.29) is 6.04 Å². The van der Waals surface area contributed by atoms with Crippen molar-refractivity contribution in [3.63, 3.8) is 0 Å². The van der Waals surface area contributed by atoms with Crippen LogP contribution < -0.4 is 5.73 Å². The van der Waals surface area contributed by atoms with Crippen molar-refractivity contribution in [3.05, 3.63) is 0 Å². The Kier molecular flexibility index (Phi) is 8.09. The Morgan fingerprint density at radius 3 is 1.93 bits per heavy atom. The Hall–Kier alpha value is -0.150. The molecule has 0 bridgehead atoms. The van der Waals surface area contributed by atoms with Crippen molar-refractivity contribution in [1.29, 1.82) is 0 Å². The van der Waals surface area contributed by atoms with Gasteiger partial charge in [0.25, 0.3) is 0 Å². The van der Waals surface area contributed by atoms with Gasteiger partial charge in [0.15, 0.2) is 0 Å². The molecule has 0 saturated heterocycles. The van der Waals surface area contributed by atoms with Crippen LogP contribution in [-0.4, -0.2) is 29.0 Å². The summed E-state index contributed by atoms with van der Waals surface area (Å²) in [5.74, 6) is 0. The number of nitrogens with two attached hydrogens (primary N) is 1. The molecular formula is C11H24N2S. The standard InChI is InChI=1S/C11H24N2S/c1-4-6-8-13(9-7-5-2)10(3)11(12)14/h10H,4-9H2,1-3H3,(H2,12,14). The summed E-state index contributed by atoms with van der Waals surface area (Å²) in [6.07, 6.45) is 4.92. The first-order valence-corrected chi connectivity index (χ1v) is 6.07. The summed E-state index contributed by atoms with van der Waals surface area (Å²) in [6, 6.07) is 0.253. The van der Waals surface area contributed by atoms with Crippen LogP contribution in [0.1, 0.15) is 46.5 Å². The summed E-state index contributed by atoms with van der Waals surface area (Å²) in [6.45, 7) is 8.77. The highest BCUT2D eigenvalue weighted by Crippen LogP contribution is 2.05. The van der Waals surface area contributed by atoms with Gasteiger partial charge in [-0.2, -0.15) is 0 Å². The van der Waals surface area contributed by atoms with E-state index in [4.69, 9.17) is 18.0 Å². The second kappa shape index (κ2) is 8.18. The fourth-order valence-corrected chi connectivity index (χ4v) is 1.55. The first-order chi connectivity index (χ1) is 6.63. The number of unbranched alkanes of at least 4 members (excludes halogenated alkanes) is 2. The lowest BCUT2D eigenvalue weighted by Crippen LogP contribution is -2.42. The highest BCUT2D eigenvalue weighted by molar-refractivity contribution is 7.80. The minimum Gasteiger partial charge on any atom is -0.392 e. The SMILES string of the molecule is CCCCN(CCCC)C(C)C(N)=S. The van der Waals surface area contributed by atoms with Crippen molar-refractivity contribution < 1.29 is 0 Å². The van der Waals surface area contributed by atoms with Gasteiger partial charge in [-0.25, -0.2) is 0 Å². The van der Waals surface area contributed by atoms with Crippen molar-refractivity contribution in [2.24, 2.45) is 5.73 Å². The molecule has 0 aromatic carbocycles. The van der Waals surface area contributed by atoms with E-state index in [0.717, 1.165) is 13.1 Å². The second-order valence-corrected chi connectivity index (χ2v) is 4.29. The molecule has 0 heterocycles. The molecule has 0 rings (SSSR count). The summed E-state index contributed by atoms with van der Waals surface area (Å²) in [5.41, 5.74) is 5.67. The highest BCUT2D eigenvalue weighted by atomic mass is 32.1. The zero-order valence-electron chi connectivity index (χ0n) is 9.75. The summed E-state index contributed by atoms with van der Waals surface area (Å²) in [4.78, 5) is 3.02.